The molecule has 7 nitrogen and oxygen atoms in total. The van der Waals surface area contributed by atoms with Gasteiger partial charge in [0.2, 0.25) is 5.91 Å². The minimum Gasteiger partial charge on any atom is -0.325 e. The average Bonchev–Trinajstić information content (AvgIpc) is 2.80. The zero-order valence-corrected chi connectivity index (χ0v) is 13.8. The number of hydrogen-bond acceptors (Lipinski definition) is 5. The van der Waals surface area contributed by atoms with Crippen molar-refractivity contribution in [1.29, 1.82) is 5.26 Å². The first kappa shape index (κ1) is 16.7. The molecule has 0 radical (unpaired) electrons. The molecule has 0 aromatic heterocycles. The fraction of sp³-hybridized carbons (Fsp3) is 0.118. The number of rotatable bonds is 4. The Hall–Kier alpha value is -3.18. The molecule has 1 aliphatic rings. The average molecular weight is 355 g/mol. The summed E-state index contributed by atoms with van der Waals surface area (Å²) in [6, 6.07) is 14.4. The SMILES string of the molecule is N#Cc1ccccc1NC(=O)CCN1C(=O)c2ccccc2S1(=O)=O. The second-order valence-electron chi connectivity index (χ2n) is 5.33. The van der Waals surface area contributed by atoms with E-state index in [1.54, 1.807) is 36.4 Å². The normalized spacial score (nSPS) is 14.7. The lowest BCUT2D eigenvalue weighted by Gasteiger charge is -2.15. The number of nitrogens with one attached hydrogen (secondary N) is 1. The lowest BCUT2D eigenvalue weighted by Crippen LogP contribution is -2.33. The summed E-state index contributed by atoms with van der Waals surface area (Å²) in [7, 11) is -3.93. The van der Waals surface area contributed by atoms with Gasteiger partial charge in [-0.1, -0.05) is 24.3 Å². The number of fused-ring (bicyclic) bond motifs is 1. The molecule has 2 aromatic carbocycles. The van der Waals surface area contributed by atoms with Crippen molar-refractivity contribution >= 4 is 27.5 Å². The number of amides is 2. The summed E-state index contributed by atoms with van der Waals surface area (Å²) in [6.45, 7) is -0.267. The van der Waals surface area contributed by atoms with Crippen LogP contribution in [0, 0.1) is 11.3 Å². The summed E-state index contributed by atoms with van der Waals surface area (Å²) in [5, 5.41) is 11.6. The number of nitriles is 1. The van der Waals surface area contributed by atoms with Crippen LogP contribution in [0.15, 0.2) is 53.4 Å². The number of sulfonamides is 1. The van der Waals surface area contributed by atoms with Gasteiger partial charge < -0.3 is 5.32 Å². The summed E-state index contributed by atoms with van der Waals surface area (Å²) in [6.07, 6.45) is -0.210. The third kappa shape index (κ3) is 2.97. The number of carbonyl (C=O) groups excluding carboxylic acids is 2. The first-order valence-corrected chi connectivity index (χ1v) is 8.84. The fourth-order valence-electron chi connectivity index (χ4n) is 2.56. The van der Waals surface area contributed by atoms with Crippen LogP contribution in [0.1, 0.15) is 22.3 Å². The molecule has 3 rings (SSSR count). The maximum absolute atomic E-state index is 12.4. The Labute approximate surface area is 144 Å². The molecule has 0 unspecified atom stereocenters. The van der Waals surface area contributed by atoms with Gasteiger partial charge in [-0.3, -0.25) is 9.59 Å². The molecule has 0 bridgehead atoms. The van der Waals surface area contributed by atoms with E-state index in [1.165, 1.54) is 12.1 Å². The van der Waals surface area contributed by atoms with E-state index in [9.17, 15) is 18.0 Å². The van der Waals surface area contributed by atoms with E-state index in [1.807, 2.05) is 6.07 Å². The monoisotopic (exact) mass is 355 g/mol. The van der Waals surface area contributed by atoms with E-state index >= 15 is 0 Å². The molecule has 0 spiro atoms. The highest BCUT2D eigenvalue weighted by atomic mass is 32.2. The predicted molar refractivity (Wildman–Crippen MR) is 89.1 cm³/mol. The lowest BCUT2D eigenvalue weighted by molar-refractivity contribution is -0.116. The summed E-state index contributed by atoms with van der Waals surface area (Å²) >= 11 is 0. The second-order valence-corrected chi connectivity index (χ2v) is 7.16. The molecule has 0 saturated heterocycles. The maximum Gasteiger partial charge on any atom is 0.269 e. The Morgan fingerprint density at radius 1 is 1.12 bits per heavy atom. The molecule has 25 heavy (non-hydrogen) atoms. The Morgan fingerprint density at radius 2 is 1.80 bits per heavy atom. The van der Waals surface area contributed by atoms with Crippen molar-refractivity contribution < 1.29 is 18.0 Å². The van der Waals surface area contributed by atoms with E-state index in [2.05, 4.69) is 5.32 Å². The highest BCUT2D eigenvalue weighted by molar-refractivity contribution is 7.90. The molecule has 0 saturated carbocycles. The smallest absolute Gasteiger partial charge is 0.269 e. The molecule has 0 atom stereocenters. The van der Waals surface area contributed by atoms with Crippen molar-refractivity contribution in [3.63, 3.8) is 0 Å². The van der Waals surface area contributed by atoms with Gasteiger partial charge in [-0.25, -0.2) is 12.7 Å². The number of nitrogens with zero attached hydrogens (tertiary/aromatic N) is 2. The Bertz CT molecular complexity index is 1010. The second kappa shape index (κ2) is 6.37. The van der Waals surface area contributed by atoms with Crippen LogP contribution in [0.5, 0.6) is 0 Å². The predicted octanol–water partition coefficient (Wildman–Crippen LogP) is 1.73. The van der Waals surface area contributed by atoms with Crippen molar-refractivity contribution in [3.8, 4) is 6.07 Å². The molecule has 2 aromatic rings. The van der Waals surface area contributed by atoms with E-state index in [-0.39, 0.29) is 23.4 Å². The van der Waals surface area contributed by atoms with Gasteiger partial charge in [0.05, 0.1) is 16.8 Å². The van der Waals surface area contributed by atoms with Crippen LogP contribution in [0.3, 0.4) is 0 Å². The summed E-state index contributed by atoms with van der Waals surface area (Å²) in [4.78, 5) is 24.3. The number of hydrogen-bond donors (Lipinski definition) is 1. The number of anilines is 1. The summed E-state index contributed by atoms with van der Waals surface area (Å²) in [5.41, 5.74) is 0.750. The Balaban J connectivity index is 1.71. The van der Waals surface area contributed by atoms with Crippen molar-refractivity contribution in [3.05, 3.63) is 59.7 Å². The topological polar surface area (TPSA) is 107 Å². The van der Waals surface area contributed by atoms with Gasteiger partial charge in [-0.2, -0.15) is 5.26 Å². The van der Waals surface area contributed by atoms with Crippen LogP contribution in [0.4, 0.5) is 5.69 Å². The number of benzene rings is 2. The molecule has 1 N–H and O–H groups in total. The minimum atomic E-state index is -3.93. The van der Waals surface area contributed by atoms with Crippen LogP contribution in [-0.4, -0.2) is 31.1 Å². The third-order valence-corrected chi connectivity index (χ3v) is 5.62. The quantitative estimate of drug-likeness (QED) is 0.899. The van der Waals surface area contributed by atoms with E-state index in [4.69, 9.17) is 5.26 Å². The first-order chi connectivity index (χ1) is 11.9. The first-order valence-electron chi connectivity index (χ1n) is 7.40. The van der Waals surface area contributed by atoms with E-state index < -0.39 is 21.8 Å². The zero-order chi connectivity index (χ0) is 18.0. The highest BCUT2D eigenvalue weighted by Gasteiger charge is 2.40. The molecule has 126 valence electrons. The zero-order valence-electron chi connectivity index (χ0n) is 13.0. The van der Waals surface area contributed by atoms with E-state index in [0.717, 1.165) is 0 Å². The molecular weight excluding hydrogens is 342 g/mol. The number of para-hydroxylation sites is 1. The van der Waals surface area contributed by atoms with Gasteiger partial charge in [0.15, 0.2) is 0 Å². The summed E-state index contributed by atoms with van der Waals surface area (Å²) in [5.74, 6) is -1.12. The summed E-state index contributed by atoms with van der Waals surface area (Å²) < 4.78 is 25.5. The van der Waals surface area contributed by atoms with Crippen LogP contribution in [0.25, 0.3) is 0 Å². The highest BCUT2D eigenvalue weighted by Crippen LogP contribution is 2.29. The van der Waals surface area contributed by atoms with Crippen molar-refractivity contribution in [2.75, 3.05) is 11.9 Å². The van der Waals surface area contributed by atoms with Gasteiger partial charge in [0.25, 0.3) is 15.9 Å². The molecule has 8 heteroatoms. The largest absolute Gasteiger partial charge is 0.325 e. The third-order valence-electron chi connectivity index (χ3n) is 3.78. The lowest BCUT2D eigenvalue weighted by atomic mass is 10.2. The van der Waals surface area contributed by atoms with Crippen molar-refractivity contribution in [2.24, 2.45) is 0 Å². The molecular formula is C17H13N3O4S. The fourth-order valence-corrected chi connectivity index (χ4v) is 4.13. The van der Waals surface area contributed by atoms with Gasteiger partial charge in [-0.15, -0.1) is 0 Å². The van der Waals surface area contributed by atoms with Gasteiger partial charge in [-0.05, 0) is 24.3 Å². The molecule has 0 fully saturated rings. The van der Waals surface area contributed by atoms with Crippen LogP contribution in [-0.2, 0) is 14.8 Å². The molecule has 1 aliphatic heterocycles. The maximum atomic E-state index is 12.4. The minimum absolute atomic E-state index is 0.0461. The van der Waals surface area contributed by atoms with E-state index in [0.29, 0.717) is 15.6 Å². The Kier molecular flexibility index (Phi) is 4.25. The van der Waals surface area contributed by atoms with Crippen molar-refractivity contribution in [1.82, 2.24) is 4.31 Å². The van der Waals surface area contributed by atoms with Crippen molar-refractivity contribution in [2.45, 2.75) is 11.3 Å². The number of carbonyl (C=O) groups is 2. The van der Waals surface area contributed by atoms with Crippen LogP contribution >= 0.6 is 0 Å². The van der Waals surface area contributed by atoms with Crippen LogP contribution in [0.2, 0.25) is 0 Å². The molecule has 0 aliphatic carbocycles. The van der Waals surface area contributed by atoms with Gasteiger partial charge in [0, 0.05) is 13.0 Å². The van der Waals surface area contributed by atoms with Gasteiger partial charge in [0.1, 0.15) is 11.0 Å². The Morgan fingerprint density at radius 3 is 2.52 bits per heavy atom. The molecule has 1 heterocycles. The van der Waals surface area contributed by atoms with Gasteiger partial charge >= 0.3 is 0 Å². The van der Waals surface area contributed by atoms with Crippen LogP contribution < -0.4 is 5.32 Å². The molecule has 2 amide bonds. The standard InChI is InChI=1S/C17H13N3O4S/c18-11-12-5-1-3-7-14(12)19-16(21)9-10-20-17(22)13-6-2-4-8-15(13)25(20,23)24/h1-8H,9-10H2,(H,19,21).